The van der Waals surface area contributed by atoms with Crippen molar-refractivity contribution in [2.75, 3.05) is 27.7 Å². The number of hydrogen-bond acceptors (Lipinski definition) is 1. The lowest BCUT2D eigenvalue weighted by Gasteiger charge is -2.26. The number of aliphatic carboxylic acids is 1. The van der Waals surface area contributed by atoms with Crippen LogP contribution in [0.3, 0.4) is 0 Å². The number of hydrogen-bond donors (Lipinski definition) is 1. The van der Waals surface area contributed by atoms with E-state index in [1.165, 1.54) is 6.42 Å². The average Bonchev–Trinajstić information content (AvgIpc) is 1.80. The average molecular weight is 204 g/mol. The lowest BCUT2D eigenvalue weighted by Crippen LogP contribution is -2.38. The van der Waals surface area contributed by atoms with Crippen LogP contribution in [-0.2, 0) is 4.79 Å². The SMILES string of the molecule is CC(CC(=O)O)C[N+](C)(C)C.CCC. The van der Waals surface area contributed by atoms with E-state index in [4.69, 9.17) is 5.11 Å². The molecule has 0 aliphatic rings. The van der Waals surface area contributed by atoms with Crippen molar-refractivity contribution in [3.05, 3.63) is 0 Å². The van der Waals surface area contributed by atoms with E-state index in [-0.39, 0.29) is 12.3 Å². The summed E-state index contributed by atoms with van der Waals surface area (Å²) in [5.74, 6) is -0.446. The van der Waals surface area contributed by atoms with E-state index in [0.29, 0.717) is 0 Å². The van der Waals surface area contributed by atoms with Gasteiger partial charge in [-0.3, -0.25) is 4.79 Å². The fraction of sp³-hybridized carbons (Fsp3) is 0.909. The van der Waals surface area contributed by atoms with Gasteiger partial charge in [-0.1, -0.05) is 27.2 Å². The van der Waals surface area contributed by atoms with Crippen molar-refractivity contribution < 1.29 is 14.4 Å². The highest BCUT2D eigenvalue weighted by Crippen LogP contribution is 2.06. The number of quaternary nitrogens is 1. The van der Waals surface area contributed by atoms with Gasteiger partial charge in [0.2, 0.25) is 0 Å². The maximum absolute atomic E-state index is 10.3. The Bertz CT molecular complexity index is 150. The molecule has 0 aromatic rings. The van der Waals surface area contributed by atoms with Crippen LogP contribution in [-0.4, -0.2) is 43.2 Å². The number of nitrogens with zero attached hydrogens (tertiary/aromatic N) is 1. The molecular formula is C11H26NO2+. The topological polar surface area (TPSA) is 37.3 Å². The zero-order chi connectivity index (χ0) is 11.8. The van der Waals surface area contributed by atoms with E-state index in [2.05, 4.69) is 35.0 Å². The third-order valence-electron chi connectivity index (χ3n) is 1.38. The molecule has 0 spiro atoms. The minimum atomic E-state index is -0.703. The van der Waals surface area contributed by atoms with Crippen molar-refractivity contribution in [2.24, 2.45) is 5.92 Å². The summed E-state index contributed by atoms with van der Waals surface area (Å²) in [7, 11) is 6.20. The molecule has 14 heavy (non-hydrogen) atoms. The van der Waals surface area contributed by atoms with Crippen LogP contribution in [0.5, 0.6) is 0 Å². The molecule has 0 radical (unpaired) electrons. The molecule has 0 aliphatic heterocycles. The lowest BCUT2D eigenvalue weighted by molar-refractivity contribution is -0.873. The standard InChI is InChI=1S/C8H17NO2.C3H8/c1-7(5-8(10)11)6-9(2,3)4;1-3-2/h7H,5-6H2,1-4H3;3H2,1-2H3/p+1. The molecule has 3 heteroatoms. The molecule has 0 heterocycles. The zero-order valence-corrected chi connectivity index (χ0v) is 10.5. The van der Waals surface area contributed by atoms with Crippen molar-refractivity contribution in [2.45, 2.75) is 33.6 Å². The maximum atomic E-state index is 10.3. The first kappa shape index (κ1) is 15.9. The van der Waals surface area contributed by atoms with Gasteiger partial charge < -0.3 is 9.59 Å². The predicted molar refractivity (Wildman–Crippen MR) is 60.3 cm³/mol. The van der Waals surface area contributed by atoms with Gasteiger partial charge >= 0.3 is 5.97 Å². The number of carboxylic acids is 1. The molecule has 0 saturated heterocycles. The Morgan fingerprint density at radius 2 is 1.64 bits per heavy atom. The van der Waals surface area contributed by atoms with Crippen LogP contribution in [0.2, 0.25) is 0 Å². The van der Waals surface area contributed by atoms with E-state index in [9.17, 15) is 4.79 Å². The summed E-state index contributed by atoms with van der Waals surface area (Å²) in [5.41, 5.74) is 0. The molecule has 3 nitrogen and oxygen atoms in total. The van der Waals surface area contributed by atoms with E-state index in [1.54, 1.807) is 0 Å². The van der Waals surface area contributed by atoms with Crippen LogP contribution in [0.15, 0.2) is 0 Å². The van der Waals surface area contributed by atoms with Crippen molar-refractivity contribution in [1.82, 2.24) is 0 Å². The second kappa shape index (κ2) is 7.80. The van der Waals surface area contributed by atoms with Crippen LogP contribution >= 0.6 is 0 Å². The highest BCUT2D eigenvalue weighted by atomic mass is 16.4. The minimum Gasteiger partial charge on any atom is -0.481 e. The molecule has 1 N–H and O–H groups in total. The Labute approximate surface area is 88.3 Å². The first-order valence-corrected chi connectivity index (χ1v) is 5.25. The first-order chi connectivity index (χ1) is 6.22. The molecule has 0 aromatic carbocycles. The number of carboxylic acid groups (broad SMARTS) is 1. The molecule has 0 fully saturated rings. The van der Waals surface area contributed by atoms with Crippen LogP contribution in [0.1, 0.15) is 33.6 Å². The van der Waals surface area contributed by atoms with Crippen LogP contribution in [0.4, 0.5) is 0 Å². The quantitative estimate of drug-likeness (QED) is 0.713. The summed E-state index contributed by atoms with van der Waals surface area (Å²) in [5, 5.41) is 8.47. The lowest BCUT2D eigenvalue weighted by atomic mass is 10.1. The molecule has 0 rings (SSSR count). The van der Waals surface area contributed by atoms with E-state index < -0.39 is 5.97 Å². The Balaban J connectivity index is 0. The van der Waals surface area contributed by atoms with E-state index in [1.807, 2.05) is 6.92 Å². The van der Waals surface area contributed by atoms with Crippen molar-refractivity contribution in [3.8, 4) is 0 Å². The minimum absolute atomic E-state index is 0.257. The van der Waals surface area contributed by atoms with Crippen molar-refractivity contribution in [1.29, 1.82) is 0 Å². The summed E-state index contributed by atoms with van der Waals surface area (Å²) in [6.07, 6.45) is 1.52. The zero-order valence-electron chi connectivity index (χ0n) is 10.5. The maximum Gasteiger partial charge on any atom is 0.303 e. The normalized spacial score (nSPS) is 12.7. The summed E-state index contributed by atoms with van der Waals surface area (Å²) >= 11 is 0. The van der Waals surface area contributed by atoms with E-state index >= 15 is 0 Å². The second-order valence-electron chi connectivity index (χ2n) is 4.88. The molecule has 0 aliphatic carbocycles. The monoisotopic (exact) mass is 204 g/mol. The second-order valence-corrected chi connectivity index (χ2v) is 4.88. The van der Waals surface area contributed by atoms with Gasteiger partial charge in [0, 0.05) is 5.92 Å². The highest BCUT2D eigenvalue weighted by molar-refractivity contribution is 5.66. The van der Waals surface area contributed by atoms with Gasteiger partial charge in [-0.05, 0) is 0 Å². The molecule has 0 bridgehead atoms. The first-order valence-electron chi connectivity index (χ1n) is 5.25. The summed E-state index contributed by atoms with van der Waals surface area (Å²) in [6, 6.07) is 0. The van der Waals surface area contributed by atoms with Gasteiger partial charge in [-0.25, -0.2) is 0 Å². The molecule has 1 unspecified atom stereocenters. The Morgan fingerprint density at radius 1 is 1.29 bits per heavy atom. The Hall–Kier alpha value is -0.570. The fourth-order valence-electron chi connectivity index (χ4n) is 1.30. The van der Waals surface area contributed by atoms with Crippen LogP contribution in [0, 0.1) is 5.92 Å². The fourth-order valence-corrected chi connectivity index (χ4v) is 1.30. The predicted octanol–water partition coefficient (Wildman–Crippen LogP) is 2.22. The van der Waals surface area contributed by atoms with Gasteiger partial charge in [-0.15, -0.1) is 0 Å². The molecule has 0 aromatic heterocycles. The third kappa shape index (κ3) is 17.5. The van der Waals surface area contributed by atoms with Crippen molar-refractivity contribution >= 4 is 5.97 Å². The summed E-state index contributed by atoms with van der Waals surface area (Å²) < 4.78 is 0.828. The van der Waals surface area contributed by atoms with Gasteiger partial charge in [0.1, 0.15) is 0 Å². The largest absolute Gasteiger partial charge is 0.481 e. The van der Waals surface area contributed by atoms with Crippen molar-refractivity contribution in [3.63, 3.8) is 0 Å². The molecule has 1 atom stereocenters. The Kier molecular flexibility index (Phi) is 8.85. The van der Waals surface area contributed by atoms with Gasteiger partial charge in [-0.2, -0.15) is 0 Å². The van der Waals surface area contributed by atoms with Crippen LogP contribution < -0.4 is 0 Å². The van der Waals surface area contributed by atoms with Crippen LogP contribution in [0.25, 0.3) is 0 Å². The molecule has 0 saturated carbocycles. The van der Waals surface area contributed by atoms with Gasteiger partial charge in [0.15, 0.2) is 0 Å². The molecular weight excluding hydrogens is 178 g/mol. The molecule has 0 amide bonds. The smallest absolute Gasteiger partial charge is 0.303 e. The number of rotatable bonds is 4. The summed E-state index contributed by atoms with van der Waals surface area (Å²) in [6.45, 7) is 7.13. The highest BCUT2D eigenvalue weighted by Gasteiger charge is 2.15. The Morgan fingerprint density at radius 3 is 1.86 bits per heavy atom. The third-order valence-corrected chi connectivity index (χ3v) is 1.38. The molecule has 86 valence electrons. The number of carbonyl (C=O) groups is 1. The summed E-state index contributed by atoms with van der Waals surface area (Å²) in [4.78, 5) is 10.3. The van der Waals surface area contributed by atoms with Gasteiger partial charge in [0.25, 0.3) is 0 Å². The van der Waals surface area contributed by atoms with E-state index in [0.717, 1.165) is 11.0 Å². The van der Waals surface area contributed by atoms with Gasteiger partial charge in [0.05, 0.1) is 34.1 Å².